The summed E-state index contributed by atoms with van der Waals surface area (Å²) < 4.78 is 78.2. The molecule has 0 heterocycles. The van der Waals surface area contributed by atoms with E-state index in [9.17, 15) is 35.9 Å². The SMILES string of the molecule is CC[C@H](C)[C@@H](C#N)NC(=O)OCC(F)(F)F.CC[C@H](C)[C@@H](CN)NC(=O)OCC(F)(F)F.Cl. The van der Waals surface area contributed by atoms with Crippen molar-refractivity contribution in [2.45, 2.75) is 65.0 Å². The van der Waals surface area contributed by atoms with Crippen molar-refractivity contribution in [1.82, 2.24) is 10.6 Å². The third kappa shape index (κ3) is 20.2. The van der Waals surface area contributed by atoms with Crippen molar-refractivity contribution in [2.75, 3.05) is 19.8 Å². The molecule has 0 aromatic rings. The van der Waals surface area contributed by atoms with E-state index in [1.54, 1.807) is 19.9 Å². The van der Waals surface area contributed by atoms with Gasteiger partial charge in [0.15, 0.2) is 13.2 Å². The van der Waals surface area contributed by atoms with Gasteiger partial charge in [0, 0.05) is 12.6 Å². The van der Waals surface area contributed by atoms with Crippen LogP contribution in [0.4, 0.5) is 35.9 Å². The molecule has 33 heavy (non-hydrogen) atoms. The van der Waals surface area contributed by atoms with Gasteiger partial charge < -0.3 is 25.8 Å². The molecule has 0 saturated carbocycles. The van der Waals surface area contributed by atoms with Gasteiger partial charge in [-0.05, 0) is 11.8 Å². The quantitative estimate of drug-likeness (QED) is 0.393. The van der Waals surface area contributed by atoms with E-state index < -0.39 is 43.8 Å². The van der Waals surface area contributed by atoms with E-state index >= 15 is 0 Å². The molecule has 0 saturated heterocycles. The first kappa shape index (κ1) is 35.4. The Morgan fingerprint density at radius 2 is 1.30 bits per heavy atom. The number of halogens is 7. The third-order valence-corrected chi connectivity index (χ3v) is 4.25. The molecule has 4 N–H and O–H groups in total. The lowest BCUT2D eigenvalue weighted by Gasteiger charge is -2.22. The highest BCUT2D eigenvalue weighted by Crippen LogP contribution is 2.15. The number of nitrogens with zero attached hydrogens (tertiary/aromatic N) is 1. The maximum Gasteiger partial charge on any atom is 0.422 e. The van der Waals surface area contributed by atoms with Crippen molar-refractivity contribution in [2.24, 2.45) is 17.6 Å². The number of nitriles is 1. The van der Waals surface area contributed by atoms with Crippen LogP contribution in [0.25, 0.3) is 0 Å². The lowest BCUT2D eigenvalue weighted by atomic mass is 10.00. The molecule has 0 unspecified atom stereocenters. The van der Waals surface area contributed by atoms with Crippen LogP contribution >= 0.6 is 12.4 Å². The Labute approximate surface area is 194 Å². The van der Waals surface area contributed by atoms with E-state index in [1.807, 2.05) is 13.8 Å². The van der Waals surface area contributed by atoms with Gasteiger partial charge in [-0.2, -0.15) is 31.6 Å². The largest absolute Gasteiger partial charge is 0.440 e. The minimum Gasteiger partial charge on any atom is -0.440 e. The zero-order valence-corrected chi connectivity index (χ0v) is 19.5. The molecule has 0 aliphatic carbocycles. The zero-order valence-electron chi connectivity index (χ0n) is 18.7. The summed E-state index contributed by atoms with van der Waals surface area (Å²) in [6, 6.07) is 0.576. The molecule has 8 nitrogen and oxygen atoms in total. The van der Waals surface area contributed by atoms with Crippen LogP contribution in [0.5, 0.6) is 0 Å². The van der Waals surface area contributed by atoms with Crippen molar-refractivity contribution in [3.05, 3.63) is 0 Å². The normalized spacial score (nSPS) is 14.6. The number of alkyl carbamates (subject to hydrolysis) is 2. The zero-order chi connectivity index (χ0) is 25.5. The number of amides is 2. The van der Waals surface area contributed by atoms with Crippen LogP contribution in [0.3, 0.4) is 0 Å². The number of nitrogens with one attached hydrogen (secondary N) is 2. The fourth-order valence-electron chi connectivity index (χ4n) is 1.91. The van der Waals surface area contributed by atoms with Crippen LogP contribution in [-0.4, -0.2) is 56.4 Å². The minimum atomic E-state index is -4.56. The first-order valence-corrected chi connectivity index (χ1v) is 9.69. The van der Waals surface area contributed by atoms with Crippen molar-refractivity contribution in [3.8, 4) is 6.07 Å². The molecule has 0 aromatic carbocycles. The fraction of sp³-hybridized carbons (Fsp3) is 0.833. The highest BCUT2D eigenvalue weighted by molar-refractivity contribution is 5.85. The second-order valence-electron chi connectivity index (χ2n) is 6.89. The lowest BCUT2D eigenvalue weighted by Crippen LogP contribution is -2.45. The fourth-order valence-corrected chi connectivity index (χ4v) is 1.91. The first-order valence-electron chi connectivity index (χ1n) is 9.69. The van der Waals surface area contributed by atoms with Crippen LogP contribution in [0.15, 0.2) is 0 Å². The highest BCUT2D eigenvalue weighted by atomic mass is 35.5. The summed E-state index contributed by atoms with van der Waals surface area (Å²) in [5.74, 6) is -0.0631. The van der Waals surface area contributed by atoms with Gasteiger partial charge >= 0.3 is 24.5 Å². The van der Waals surface area contributed by atoms with Crippen molar-refractivity contribution in [3.63, 3.8) is 0 Å². The Morgan fingerprint density at radius 3 is 1.61 bits per heavy atom. The van der Waals surface area contributed by atoms with Crippen LogP contribution in [-0.2, 0) is 9.47 Å². The molecule has 4 atom stereocenters. The Balaban J connectivity index is -0.000000529. The summed E-state index contributed by atoms with van der Waals surface area (Å²) in [7, 11) is 0. The summed E-state index contributed by atoms with van der Waals surface area (Å²) in [6.07, 6.45) is -10.0. The van der Waals surface area contributed by atoms with E-state index in [4.69, 9.17) is 11.0 Å². The number of alkyl halides is 6. The molecule has 0 aliphatic rings. The number of ether oxygens (including phenoxy) is 2. The maximum atomic E-state index is 11.7. The predicted octanol–water partition coefficient (Wildman–Crippen LogP) is 4.28. The van der Waals surface area contributed by atoms with E-state index in [0.29, 0.717) is 6.42 Å². The summed E-state index contributed by atoms with van der Waals surface area (Å²) in [5, 5.41) is 13.0. The van der Waals surface area contributed by atoms with E-state index in [-0.39, 0.29) is 36.8 Å². The number of nitrogens with two attached hydrogens (primary N) is 1. The molecule has 0 rings (SSSR count). The summed E-state index contributed by atoms with van der Waals surface area (Å²) in [6.45, 7) is 4.18. The van der Waals surface area contributed by atoms with Gasteiger partial charge in [0.25, 0.3) is 0 Å². The Morgan fingerprint density at radius 1 is 0.909 bits per heavy atom. The maximum absolute atomic E-state index is 11.7. The minimum absolute atomic E-state index is 0. The molecule has 0 radical (unpaired) electrons. The van der Waals surface area contributed by atoms with Gasteiger partial charge in [0.1, 0.15) is 6.04 Å². The number of rotatable bonds is 9. The summed E-state index contributed by atoms with van der Waals surface area (Å²) in [4.78, 5) is 21.9. The molecular formula is C18H31ClF6N4O4. The van der Waals surface area contributed by atoms with Crippen molar-refractivity contribution >= 4 is 24.6 Å². The summed E-state index contributed by atoms with van der Waals surface area (Å²) in [5.41, 5.74) is 5.39. The second kappa shape index (κ2) is 17.4. The van der Waals surface area contributed by atoms with Crippen LogP contribution in [0.2, 0.25) is 0 Å². The van der Waals surface area contributed by atoms with Gasteiger partial charge in [-0.3, -0.25) is 0 Å². The Kier molecular flexibility index (Phi) is 18.6. The number of hydrogen-bond acceptors (Lipinski definition) is 6. The van der Waals surface area contributed by atoms with Gasteiger partial charge in [-0.15, -0.1) is 12.4 Å². The number of carbonyl (C=O) groups excluding carboxylic acids is 2. The molecule has 15 heteroatoms. The second-order valence-corrected chi connectivity index (χ2v) is 6.89. The first-order chi connectivity index (χ1) is 14.6. The van der Waals surface area contributed by atoms with Crippen LogP contribution < -0.4 is 16.4 Å². The molecule has 196 valence electrons. The smallest absolute Gasteiger partial charge is 0.422 e. The molecule has 0 aromatic heterocycles. The Hall–Kier alpha value is -2.14. The molecule has 0 aliphatic heterocycles. The van der Waals surface area contributed by atoms with Gasteiger partial charge in [0.05, 0.1) is 6.07 Å². The predicted molar refractivity (Wildman–Crippen MR) is 109 cm³/mol. The molecule has 2 amide bonds. The van der Waals surface area contributed by atoms with Crippen molar-refractivity contribution < 1.29 is 45.4 Å². The van der Waals surface area contributed by atoms with E-state index in [0.717, 1.165) is 6.42 Å². The standard InChI is InChI=1S/C9H17F3N2O2.C9H13F3N2O2.ClH/c2*1-3-6(2)7(4-13)14-8(15)16-5-9(10,11)12;/h6-7H,3-5,13H2,1-2H3,(H,14,15);6-7H,3,5H2,1-2H3,(H,14,15);1H/t2*6-,7+;/m00./s1. The monoisotopic (exact) mass is 516 g/mol. The van der Waals surface area contributed by atoms with Gasteiger partial charge in [0.2, 0.25) is 0 Å². The van der Waals surface area contributed by atoms with Crippen molar-refractivity contribution in [1.29, 1.82) is 5.26 Å². The topological polar surface area (TPSA) is 126 Å². The lowest BCUT2D eigenvalue weighted by molar-refractivity contribution is -0.160. The number of carbonyl (C=O) groups is 2. The number of hydrogen-bond donors (Lipinski definition) is 3. The Bertz CT molecular complexity index is 602. The van der Waals surface area contributed by atoms with Gasteiger partial charge in [-0.25, -0.2) is 9.59 Å². The van der Waals surface area contributed by atoms with Crippen LogP contribution in [0.1, 0.15) is 40.5 Å². The molecular weight excluding hydrogens is 486 g/mol. The average molecular weight is 517 g/mol. The molecule has 0 fully saturated rings. The average Bonchev–Trinajstić information content (AvgIpc) is 2.71. The third-order valence-electron chi connectivity index (χ3n) is 4.25. The molecule has 0 bridgehead atoms. The van der Waals surface area contributed by atoms with Gasteiger partial charge in [-0.1, -0.05) is 40.5 Å². The van der Waals surface area contributed by atoms with Crippen LogP contribution in [0, 0.1) is 23.2 Å². The highest BCUT2D eigenvalue weighted by Gasteiger charge is 2.31. The van der Waals surface area contributed by atoms with E-state index in [2.05, 4.69) is 20.1 Å². The van der Waals surface area contributed by atoms with E-state index in [1.165, 1.54) is 0 Å². The molecule has 0 spiro atoms. The summed E-state index contributed by atoms with van der Waals surface area (Å²) >= 11 is 0.